The fraction of sp³-hybridized carbons (Fsp3) is 0.100. The van der Waals surface area contributed by atoms with E-state index in [1.807, 2.05) is 41.9 Å². The van der Waals surface area contributed by atoms with Crippen LogP contribution in [0.2, 0.25) is 5.02 Å². The van der Waals surface area contributed by atoms with E-state index in [0.717, 1.165) is 16.8 Å². The largest absolute Gasteiger partial charge is 0.291 e. The molecule has 0 radical (unpaired) electrons. The zero-order chi connectivity index (χ0) is 19.7. The third-order valence-corrected chi connectivity index (χ3v) is 5.80. The predicted molar refractivity (Wildman–Crippen MR) is 111 cm³/mol. The third-order valence-electron chi connectivity index (χ3n) is 4.30. The van der Waals surface area contributed by atoms with Crippen molar-refractivity contribution < 1.29 is 8.42 Å². The quantitative estimate of drug-likeness (QED) is 0.530. The van der Waals surface area contributed by atoms with E-state index in [1.165, 1.54) is 0 Å². The first-order valence-electron chi connectivity index (χ1n) is 8.55. The van der Waals surface area contributed by atoms with Gasteiger partial charge in [-0.3, -0.25) is 9.12 Å². The van der Waals surface area contributed by atoms with Crippen molar-refractivity contribution in [2.75, 3.05) is 4.72 Å². The summed E-state index contributed by atoms with van der Waals surface area (Å²) in [4.78, 5) is 8.70. The molecule has 2 aromatic heterocycles. The number of nitrogens with one attached hydrogen (secondary N) is 1. The Morgan fingerprint density at radius 2 is 1.93 bits per heavy atom. The van der Waals surface area contributed by atoms with Crippen LogP contribution >= 0.6 is 11.6 Å². The number of hydrogen-bond donors (Lipinski definition) is 1. The molecule has 0 atom stereocenters. The Morgan fingerprint density at radius 3 is 2.68 bits per heavy atom. The Bertz CT molecular complexity index is 1220. The van der Waals surface area contributed by atoms with Crippen molar-refractivity contribution in [3.05, 3.63) is 83.3 Å². The number of fused-ring (bicyclic) bond motifs is 1. The average molecular weight is 413 g/mol. The van der Waals surface area contributed by atoms with Crippen LogP contribution in [-0.4, -0.2) is 22.8 Å². The standard InChI is InChI=1S/C20H17ClN4O2S/c1-14-3-6-16(19-12-25-10-2-9-22-20(25)23-19)11-18(14)24-28(26,27)13-15-4-7-17(21)8-5-15/h2-12,24H,13H2,1H3. The monoisotopic (exact) mass is 412 g/mol. The molecular formula is C20H17ClN4O2S. The van der Waals surface area contributed by atoms with Gasteiger partial charge in [-0.05, 0) is 42.3 Å². The zero-order valence-corrected chi connectivity index (χ0v) is 16.6. The molecule has 142 valence electrons. The summed E-state index contributed by atoms with van der Waals surface area (Å²) in [7, 11) is -3.58. The molecule has 0 unspecified atom stereocenters. The zero-order valence-electron chi connectivity index (χ0n) is 15.0. The van der Waals surface area contributed by atoms with Gasteiger partial charge in [0.2, 0.25) is 15.8 Å². The van der Waals surface area contributed by atoms with Gasteiger partial charge in [0.25, 0.3) is 0 Å². The minimum atomic E-state index is -3.58. The second kappa shape index (κ2) is 7.26. The summed E-state index contributed by atoms with van der Waals surface area (Å²) in [6.07, 6.45) is 5.40. The van der Waals surface area contributed by atoms with Crippen LogP contribution in [0.1, 0.15) is 11.1 Å². The van der Waals surface area contributed by atoms with Crippen LogP contribution in [0.3, 0.4) is 0 Å². The van der Waals surface area contributed by atoms with Crippen molar-refractivity contribution in [3.8, 4) is 11.3 Å². The van der Waals surface area contributed by atoms with E-state index in [1.54, 1.807) is 36.5 Å². The lowest BCUT2D eigenvalue weighted by molar-refractivity contribution is 0.600. The van der Waals surface area contributed by atoms with E-state index in [4.69, 9.17) is 11.6 Å². The van der Waals surface area contributed by atoms with Gasteiger partial charge in [-0.25, -0.2) is 18.4 Å². The van der Waals surface area contributed by atoms with Crippen molar-refractivity contribution >= 4 is 33.1 Å². The summed E-state index contributed by atoms with van der Waals surface area (Å²) < 4.78 is 29.7. The Morgan fingerprint density at radius 1 is 1.14 bits per heavy atom. The van der Waals surface area contributed by atoms with Crippen LogP contribution in [0, 0.1) is 6.92 Å². The first-order chi connectivity index (χ1) is 13.4. The smallest absolute Gasteiger partial charge is 0.236 e. The molecule has 0 spiro atoms. The van der Waals surface area contributed by atoms with Crippen molar-refractivity contribution in [3.63, 3.8) is 0 Å². The van der Waals surface area contributed by atoms with Crippen LogP contribution in [0.15, 0.2) is 67.1 Å². The Kier molecular flexibility index (Phi) is 4.78. The third kappa shape index (κ3) is 4.00. The number of rotatable bonds is 5. The summed E-state index contributed by atoms with van der Waals surface area (Å²) in [6.45, 7) is 1.86. The van der Waals surface area contributed by atoms with Gasteiger partial charge in [-0.2, -0.15) is 0 Å². The van der Waals surface area contributed by atoms with Crippen molar-refractivity contribution in [1.29, 1.82) is 0 Å². The number of aromatic nitrogens is 3. The molecule has 0 aliphatic heterocycles. The molecule has 0 aliphatic carbocycles. The molecule has 0 fully saturated rings. The first-order valence-corrected chi connectivity index (χ1v) is 10.6. The molecule has 28 heavy (non-hydrogen) atoms. The van der Waals surface area contributed by atoms with Crippen molar-refractivity contribution in [2.24, 2.45) is 0 Å². The minimum Gasteiger partial charge on any atom is -0.291 e. The highest BCUT2D eigenvalue weighted by Gasteiger charge is 2.15. The second-order valence-corrected chi connectivity index (χ2v) is 8.63. The molecule has 0 saturated heterocycles. The number of imidazole rings is 1. The minimum absolute atomic E-state index is 0.133. The molecular weight excluding hydrogens is 396 g/mol. The molecule has 2 aromatic carbocycles. The maximum atomic E-state index is 12.6. The lowest BCUT2D eigenvalue weighted by Gasteiger charge is -2.12. The molecule has 0 saturated carbocycles. The highest BCUT2D eigenvalue weighted by molar-refractivity contribution is 7.91. The number of sulfonamides is 1. The molecule has 6 nitrogen and oxygen atoms in total. The molecule has 4 rings (SSSR count). The number of anilines is 1. The van der Waals surface area contributed by atoms with E-state index in [-0.39, 0.29) is 5.75 Å². The SMILES string of the molecule is Cc1ccc(-c2cn3cccnc3n2)cc1NS(=O)(=O)Cc1ccc(Cl)cc1. The fourth-order valence-corrected chi connectivity index (χ4v) is 4.25. The van der Waals surface area contributed by atoms with E-state index < -0.39 is 10.0 Å². The number of hydrogen-bond acceptors (Lipinski definition) is 4. The van der Waals surface area contributed by atoms with Gasteiger partial charge in [0.05, 0.1) is 17.1 Å². The summed E-state index contributed by atoms with van der Waals surface area (Å²) in [5.74, 6) is 0.453. The average Bonchev–Trinajstić information content (AvgIpc) is 3.09. The normalized spacial score (nSPS) is 11.6. The highest BCUT2D eigenvalue weighted by atomic mass is 35.5. The van der Waals surface area contributed by atoms with Gasteiger partial charge < -0.3 is 0 Å². The molecule has 8 heteroatoms. The lowest BCUT2D eigenvalue weighted by atomic mass is 10.1. The van der Waals surface area contributed by atoms with Gasteiger partial charge in [-0.15, -0.1) is 0 Å². The number of nitrogens with zero attached hydrogens (tertiary/aromatic N) is 3. The second-order valence-electron chi connectivity index (χ2n) is 6.47. The van der Waals surface area contributed by atoms with Gasteiger partial charge in [0, 0.05) is 29.2 Å². The Hall–Kier alpha value is -2.90. The van der Waals surface area contributed by atoms with E-state index in [2.05, 4.69) is 14.7 Å². The predicted octanol–water partition coefficient (Wildman–Crippen LogP) is 4.30. The highest BCUT2D eigenvalue weighted by Crippen LogP contribution is 2.26. The lowest BCUT2D eigenvalue weighted by Crippen LogP contribution is -2.15. The topological polar surface area (TPSA) is 76.4 Å². The molecule has 0 bridgehead atoms. The summed E-state index contributed by atoms with van der Waals surface area (Å²) in [5.41, 5.74) is 3.54. The first kappa shape index (κ1) is 18.5. The number of aryl methyl sites for hydroxylation is 1. The number of halogens is 1. The van der Waals surface area contributed by atoms with Crippen molar-refractivity contribution in [1.82, 2.24) is 14.4 Å². The molecule has 4 aromatic rings. The van der Waals surface area contributed by atoms with Gasteiger partial charge >= 0.3 is 0 Å². The van der Waals surface area contributed by atoms with Gasteiger partial charge in [-0.1, -0.05) is 35.9 Å². The Labute approximate surface area is 167 Å². The van der Waals surface area contributed by atoms with Crippen LogP contribution in [0.4, 0.5) is 5.69 Å². The fourth-order valence-electron chi connectivity index (χ4n) is 2.86. The van der Waals surface area contributed by atoms with Crippen LogP contribution < -0.4 is 4.72 Å². The van der Waals surface area contributed by atoms with Crippen LogP contribution in [-0.2, 0) is 15.8 Å². The van der Waals surface area contributed by atoms with E-state index in [9.17, 15) is 8.42 Å². The van der Waals surface area contributed by atoms with E-state index in [0.29, 0.717) is 22.1 Å². The van der Waals surface area contributed by atoms with Gasteiger partial charge in [0.1, 0.15) is 0 Å². The summed E-state index contributed by atoms with van der Waals surface area (Å²) >= 11 is 5.86. The van der Waals surface area contributed by atoms with Gasteiger partial charge in [0.15, 0.2) is 0 Å². The molecule has 0 amide bonds. The number of benzene rings is 2. The molecule has 2 heterocycles. The van der Waals surface area contributed by atoms with E-state index >= 15 is 0 Å². The van der Waals surface area contributed by atoms with Crippen LogP contribution in [0.5, 0.6) is 0 Å². The van der Waals surface area contributed by atoms with Crippen LogP contribution in [0.25, 0.3) is 17.0 Å². The molecule has 0 aliphatic rings. The summed E-state index contributed by atoms with van der Waals surface area (Å²) in [6, 6.07) is 14.1. The maximum Gasteiger partial charge on any atom is 0.236 e. The maximum absolute atomic E-state index is 12.6. The van der Waals surface area contributed by atoms with Crippen molar-refractivity contribution in [2.45, 2.75) is 12.7 Å². The molecule has 1 N–H and O–H groups in total. The summed E-state index contributed by atoms with van der Waals surface area (Å²) in [5, 5.41) is 0.569. The Balaban J connectivity index is 1.62.